The third-order valence-corrected chi connectivity index (χ3v) is 3.70. The van der Waals surface area contributed by atoms with Gasteiger partial charge in [-0.1, -0.05) is 17.7 Å². The van der Waals surface area contributed by atoms with E-state index in [0.29, 0.717) is 31.3 Å². The van der Waals surface area contributed by atoms with Crippen LogP contribution in [0.15, 0.2) is 18.2 Å². The molecule has 1 heterocycles. The average Bonchev–Trinajstić information content (AvgIpc) is 2.38. The van der Waals surface area contributed by atoms with Gasteiger partial charge in [0.25, 0.3) is 0 Å². The second-order valence-corrected chi connectivity index (χ2v) is 5.17. The number of morpholine rings is 1. The minimum absolute atomic E-state index is 0.0645. The van der Waals surface area contributed by atoms with Crippen molar-refractivity contribution >= 4 is 29.1 Å². The average molecular weight is 288 g/mol. The van der Waals surface area contributed by atoms with Crippen molar-refractivity contribution < 1.29 is 9.53 Å². The van der Waals surface area contributed by atoms with Gasteiger partial charge >= 0.3 is 0 Å². The van der Waals surface area contributed by atoms with Gasteiger partial charge in [0.05, 0.1) is 13.2 Å². The first kappa shape index (κ1) is 13.7. The van der Waals surface area contributed by atoms with Crippen LogP contribution in [0.25, 0.3) is 0 Å². The van der Waals surface area contributed by atoms with E-state index in [0.717, 1.165) is 11.1 Å². The van der Waals surface area contributed by atoms with Crippen molar-refractivity contribution in [2.45, 2.75) is 12.3 Å². The first-order valence-electron chi connectivity index (χ1n) is 5.86. The number of ether oxygens (including phenoxy) is 1. The van der Waals surface area contributed by atoms with E-state index in [-0.39, 0.29) is 5.91 Å². The fraction of sp³-hybridized carbons (Fsp3) is 0.462. The van der Waals surface area contributed by atoms with E-state index in [9.17, 15) is 4.79 Å². The first-order valence-corrected chi connectivity index (χ1v) is 6.67. The van der Waals surface area contributed by atoms with Crippen molar-refractivity contribution in [2.75, 3.05) is 26.3 Å². The van der Waals surface area contributed by atoms with E-state index in [2.05, 4.69) is 0 Å². The molecule has 5 heteroatoms. The molecule has 1 saturated heterocycles. The molecule has 1 aliphatic rings. The number of hydrogen-bond acceptors (Lipinski definition) is 2. The van der Waals surface area contributed by atoms with Crippen LogP contribution in [0.5, 0.6) is 0 Å². The molecule has 1 atom stereocenters. The Balaban J connectivity index is 2.14. The van der Waals surface area contributed by atoms with Crippen LogP contribution in [-0.4, -0.2) is 37.1 Å². The number of alkyl halides is 1. The fourth-order valence-electron chi connectivity index (χ4n) is 2.00. The molecule has 0 aromatic heterocycles. The van der Waals surface area contributed by atoms with Gasteiger partial charge in [-0.05, 0) is 30.2 Å². The Morgan fingerprint density at radius 2 is 2.06 bits per heavy atom. The zero-order valence-electron chi connectivity index (χ0n) is 10.2. The molecule has 0 N–H and O–H groups in total. The molecular weight excluding hydrogens is 273 g/mol. The number of aryl methyl sites for hydroxylation is 1. The largest absolute Gasteiger partial charge is 0.378 e. The quantitative estimate of drug-likeness (QED) is 0.783. The van der Waals surface area contributed by atoms with Crippen LogP contribution in [0.1, 0.15) is 16.5 Å². The third-order valence-electron chi connectivity index (χ3n) is 3.04. The number of rotatable bonds is 2. The number of hydrogen-bond donors (Lipinski definition) is 0. The molecule has 1 aliphatic heterocycles. The lowest BCUT2D eigenvalue weighted by Gasteiger charge is -2.29. The van der Waals surface area contributed by atoms with Gasteiger partial charge < -0.3 is 9.64 Å². The fourth-order valence-corrected chi connectivity index (χ4v) is 2.61. The summed E-state index contributed by atoms with van der Waals surface area (Å²) in [4.78, 5) is 14.0. The Kier molecular flexibility index (Phi) is 4.49. The standard InChI is InChI=1S/C13H15Cl2NO2/c1-9-8-10(14)2-3-11(9)12(15)13(17)16-4-6-18-7-5-16/h2-3,8,12H,4-7H2,1H3. The minimum Gasteiger partial charge on any atom is -0.378 e. The summed E-state index contributed by atoms with van der Waals surface area (Å²) in [5, 5.41) is -0.000644. The molecule has 1 fully saturated rings. The van der Waals surface area contributed by atoms with Gasteiger partial charge in [-0.25, -0.2) is 0 Å². The predicted molar refractivity (Wildman–Crippen MR) is 72.2 cm³/mol. The van der Waals surface area contributed by atoms with Crippen molar-refractivity contribution in [3.8, 4) is 0 Å². The number of carbonyl (C=O) groups is 1. The second-order valence-electron chi connectivity index (χ2n) is 4.30. The molecule has 1 amide bonds. The summed E-state index contributed by atoms with van der Waals surface area (Å²) >= 11 is 12.2. The van der Waals surface area contributed by atoms with E-state index < -0.39 is 5.38 Å². The van der Waals surface area contributed by atoms with Gasteiger partial charge in [0, 0.05) is 18.1 Å². The molecular formula is C13H15Cl2NO2. The van der Waals surface area contributed by atoms with Gasteiger partial charge in [0.15, 0.2) is 0 Å². The second kappa shape index (κ2) is 5.91. The van der Waals surface area contributed by atoms with Crippen molar-refractivity contribution in [1.29, 1.82) is 0 Å². The smallest absolute Gasteiger partial charge is 0.245 e. The summed E-state index contributed by atoms with van der Waals surface area (Å²) < 4.78 is 5.22. The topological polar surface area (TPSA) is 29.5 Å². The molecule has 0 aliphatic carbocycles. The van der Waals surface area contributed by atoms with Crippen LogP contribution in [0.2, 0.25) is 5.02 Å². The van der Waals surface area contributed by atoms with Gasteiger partial charge in [0.2, 0.25) is 5.91 Å². The molecule has 2 rings (SSSR count). The molecule has 1 unspecified atom stereocenters. The van der Waals surface area contributed by atoms with Crippen molar-refractivity contribution in [3.05, 3.63) is 34.3 Å². The normalized spacial score (nSPS) is 17.6. The highest BCUT2D eigenvalue weighted by molar-refractivity contribution is 6.32. The zero-order valence-corrected chi connectivity index (χ0v) is 11.7. The van der Waals surface area contributed by atoms with Gasteiger partial charge in [-0.3, -0.25) is 4.79 Å². The van der Waals surface area contributed by atoms with Gasteiger partial charge in [0.1, 0.15) is 5.38 Å². The molecule has 0 saturated carbocycles. The summed E-state index contributed by atoms with van der Waals surface area (Å²) in [6.07, 6.45) is 0. The van der Waals surface area contributed by atoms with E-state index in [1.807, 2.05) is 19.1 Å². The minimum atomic E-state index is -0.652. The van der Waals surface area contributed by atoms with E-state index in [1.165, 1.54) is 0 Å². The number of amides is 1. The number of benzene rings is 1. The Labute approximate surface area is 117 Å². The van der Waals surface area contributed by atoms with Gasteiger partial charge in [-0.2, -0.15) is 0 Å². The maximum absolute atomic E-state index is 12.2. The maximum atomic E-state index is 12.2. The van der Waals surface area contributed by atoms with Crippen LogP contribution in [0, 0.1) is 6.92 Å². The zero-order chi connectivity index (χ0) is 13.1. The summed E-state index contributed by atoms with van der Waals surface area (Å²) in [7, 11) is 0. The number of halogens is 2. The summed E-state index contributed by atoms with van der Waals surface area (Å²) in [6, 6.07) is 5.39. The highest BCUT2D eigenvalue weighted by Gasteiger charge is 2.26. The monoisotopic (exact) mass is 287 g/mol. The van der Waals surface area contributed by atoms with E-state index in [4.69, 9.17) is 27.9 Å². The van der Waals surface area contributed by atoms with Crippen molar-refractivity contribution in [1.82, 2.24) is 4.90 Å². The highest BCUT2D eigenvalue weighted by atomic mass is 35.5. The maximum Gasteiger partial charge on any atom is 0.245 e. The molecule has 0 spiro atoms. The van der Waals surface area contributed by atoms with Crippen LogP contribution in [0.4, 0.5) is 0 Å². The van der Waals surface area contributed by atoms with Crippen molar-refractivity contribution in [2.24, 2.45) is 0 Å². The van der Waals surface area contributed by atoms with E-state index in [1.54, 1.807) is 11.0 Å². The molecule has 98 valence electrons. The predicted octanol–water partition coefficient (Wildman–Crippen LogP) is 2.79. The summed E-state index contributed by atoms with van der Waals surface area (Å²) in [5.41, 5.74) is 1.75. The lowest BCUT2D eigenvalue weighted by Crippen LogP contribution is -2.42. The summed E-state index contributed by atoms with van der Waals surface area (Å²) in [5.74, 6) is -0.0645. The van der Waals surface area contributed by atoms with Crippen LogP contribution >= 0.6 is 23.2 Å². The van der Waals surface area contributed by atoms with Gasteiger partial charge in [-0.15, -0.1) is 11.6 Å². The third kappa shape index (κ3) is 2.97. The molecule has 1 aromatic carbocycles. The number of carbonyl (C=O) groups excluding carboxylic acids is 1. The SMILES string of the molecule is Cc1cc(Cl)ccc1C(Cl)C(=O)N1CCOCC1. The molecule has 3 nitrogen and oxygen atoms in total. The molecule has 1 aromatic rings. The lowest BCUT2D eigenvalue weighted by molar-refractivity contribution is -0.134. The Bertz CT molecular complexity index is 445. The lowest BCUT2D eigenvalue weighted by atomic mass is 10.0. The molecule has 18 heavy (non-hydrogen) atoms. The Morgan fingerprint density at radius 1 is 1.39 bits per heavy atom. The summed E-state index contributed by atoms with van der Waals surface area (Å²) in [6.45, 7) is 4.27. The highest BCUT2D eigenvalue weighted by Crippen LogP contribution is 2.28. The Hall–Kier alpha value is -0.770. The van der Waals surface area contributed by atoms with Crippen molar-refractivity contribution in [3.63, 3.8) is 0 Å². The van der Waals surface area contributed by atoms with Crippen LogP contribution in [0.3, 0.4) is 0 Å². The molecule has 0 bridgehead atoms. The molecule has 0 radical (unpaired) electrons. The van der Waals surface area contributed by atoms with E-state index >= 15 is 0 Å². The Morgan fingerprint density at radius 3 is 2.67 bits per heavy atom. The van der Waals surface area contributed by atoms with Crippen LogP contribution < -0.4 is 0 Å². The number of nitrogens with zero attached hydrogens (tertiary/aromatic N) is 1. The first-order chi connectivity index (χ1) is 8.59. The van der Waals surface area contributed by atoms with Crippen LogP contribution in [-0.2, 0) is 9.53 Å².